The Labute approximate surface area is 167 Å². The van der Waals surface area contributed by atoms with E-state index < -0.39 is 0 Å². The molecule has 1 saturated heterocycles. The highest BCUT2D eigenvalue weighted by atomic mass is 16.2. The van der Waals surface area contributed by atoms with Crippen LogP contribution in [0.2, 0.25) is 0 Å². The molecule has 1 aromatic carbocycles. The number of rotatable bonds is 4. The number of hydrogen-bond acceptors (Lipinski definition) is 6. The Morgan fingerprint density at radius 1 is 1.14 bits per heavy atom. The average Bonchev–Trinajstić information content (AvgIpc) is 2.91. The lowest BCUT2D eigenvalue weighted by atomic mass is 10.2. The van der Waals surface area contributed by atoms with E-state index in [2.05, 4.69) is 20.3 Å². The molecule has 3 aromatic rings. The first kappa shape index (κ1) is 18.7. The summed E-state index contributed by atoms with van der Waals surface area (Å²) in [6.45, 7) is 1.56. The molecule has 0 radical (unpaired) electrons. The maximum absolute atomic E-state index is 12.7. The van der Waals surface area contributed by atoms with Crippen molar-refractivity contribution in [3.63, 3.8) is 0 Å². The van der Waals surface area contributed by atoms with Crippen molar-refractivity contribution in [3.8, 4) is 6.07 Å². The van der Waals surface area contributed by atoms with E-state index in [1.54, 1.807) is 36.7 Å². The first-order chi connectivity index (χ1) is 14.2. The second kappa shape index (κ2) is 8.14. The van der Waals surface area contributed by atoms with Gasteiger partial charge in [-0.05, 0) is 37.1 Å². The second-order valence-electron chi connectivity index (χ2n) is 7.02. The van der Waals surface area contributed by atoms with Crippen molar-refractivity contribution in [2.24, 2.45) is 0 Å². The first-order valence-corrected chi connectivity index (χ1v) is 9.65. The predicted octanol–water partition coefficient (Wildman–Crippen LogP) is 1.78. The number of aromatic nitrogens is 4. The summed E-state index contributed by atoms with van der Waals surface area (Å²) in [5, 5.41) is 15.9. The van der Waals surface area contributed by atoms with E-state index in [4.69, 9.17) is 5.26 Å². The van der Waals surface area contributed by atoms with Crippen LogP contribution in [0.3, 0.4) is 0 Å². The maximum Gasteiger partial charge on any atom is 0.350 e. The van der Waals surface area contributed by atoms with Gasteiger partial charge in [0, 0.05) is 31.2 Å². The van der Waals surface area contributed by atoms with Gasteiger partial charge in [0.25, 0.3) is 0 Å². The molecular weight excluding hydrogens is 370 g/mol. The molecule has 0 unspecified atom stereocenters. The Morgan fingerprint density at radius 3 is 2.55 bits per heavy atom. The Balaban J connectivity index is 1.56. The summed E-state index contributed by atoms with van der Waals surface area (Å²) in [6.07, 6.45) is 7.71. The van der Waals surface area contributed by atoms with Crippen molar-refractivity contribution in [1.29, 1.82) is 5.26 Å². The molecule has 0 saturated carbocycles. The molecule has 0 aliphatic carbocycles. The Morgan fingerprint density at radius 2 is 1.86 bits per heavy atom. The lowest BCUT2D eigenvalue weighted by molar-refractivity contribution is -0.117. The summed E-state index contributed by atoms with van der Waals surface area (Å²) < 4.78 is 2.58. The summed E-state index contributed by atoms with van der Waals surface area (Å²) in [5.74, 6) is 0.308. The number of carbonyl (C=O) groups is 1. The van der Waals surface area contributed by atoms with Gasteiger partial charge in [-0.2, -0.15) is 5.26 Å². The number of benzene rings is 1. The van der Waals surface area contributed by atoms with Crippen molar-refractivity contribution < 1.29 is 4.79 Å². The fourth-order valence-electron chi connectivity index (χ4n) is 3.51. The molecule has 9 heteroatoms. The molecule has 1 amide bonds. The number of nitrogens with zero attached hydrogens (tertiary/aromatic N) is 6. The van der Waals surface area contributed by atoms with E-state index in [-0.39, 0.29) is 18.1 Å². The van der Waals surface area contributed by atoms with Crippen LogP contribution in [0, 0.1) is 11.3 Å². The zero-order chi connectivity index (χ0) is 20.2. The van der Waals surface area contributed by atoms with Crippen LogP contribution in [0.1, 0.15) is 31.2 Å². The number of nitriles is 1. The van der Waals surface area contributed by atoms with Crippen LogP contribution in [0.5, 0.6) is 0 Å². The SMILES string of the molecule is N#Cc1ccc(NC(=O)Cn2nc3c(N4CCCCCC4)nccn3c2=O)cc1. The lowest BCUT2D eigenvalue weighted by Crippen LogP contribution is -2.28. The van der Waals surface area contributed by atoms with Gasteiger partial charge in [-0.1, -0.05) is 12.8 Å². The third-order valence-electron chi connectivity index (χ3n) is 4.98. The molecular formula is C20H21N7O2. The van der Waals surface area contributed by atoms with Gasteiger partial charge in [0.1, 0.15) is 6.54 Å². The lowest BCUT2D eigenvalue weighted by Gasteiger charge is -2.20. The third-order valence-corrected chi connectivity index (χ3v) is 4.98. The van der Waals surface area contributed by atoms with Gasteiger partial charge in [-0.15, -0.1) is 5.10 Å². The molecule has 1 aliphatic heterocycles. The molecule has 0 spiro atoms. The summed E-state index contributed by atoms with van der Waals surface area (Å²) in [4.78, 5) is 31.7. The minimum atomic E-state index is -0.381. The van der Waals surface area contributed by atoms with Crippen molar-refractivity contribution >= 4 is 23.1 Å². The van der Waals surface area contributed by atoms with E-state index >= 15 is 0 Å². The highest BCUT2D eigenvalue weighted by Gasteiger charge is 2.19. The van der Waals surface area contributed by atoms with Gasteiger partial charge in [0.05, 0.1) is 11.6 Å². The number of amides is 1. The van der Waals surface area contributed by atoms with Crippen LogP contribution in [0.15, 0.2) is 41.5 Å². The van der Waals surface area contributed by atoms with Gasteiger partial charge in [-0.25, -0.2) is 18.9 Å². The number of fused-ring (bicyclic) bond motifs is 1. The molecule has 29 heavy (non-hydrogen) atoms. The zero-order valence-corrected chi connectivity index (χ0v) is 15.9. The minimum Gasteiger partial charge on any atom is -0.353 e. The maximum atomic E-state index is 12.7. The van der Waals surface area contributed by atoms with Crippen molar-refractivity contribution in [3.05, 3.63) is 52.7 Å². The van der Waals surface area contributed by atoms with Crippen LogP contribution in [0.4, 0.5) is 11.5 Å². The topological polar surface area (TPSA) is 108 Å². The summed E-state index contributed by atoms with van der Waals surface area (Å²) >= 11 is 0. The van der Waals surface area contributed by atoms with E-state index in [1.165, 1.54) is 17.2 Å². The van der Waals surface area contributed by atoms with Gasteiger partial charge >= 0.3 is 5.69 Å². The predicted molar refractivity (Wildman–Crippen MR) is 108 cm³/mol. The molecule has 0 atom stereocenters. The highest BCUT2D eigenvalue weighted by molar-refractivity contribution is 5.90. The molecule has 9 nitrogen and oxygen atoms in total. The molecule has 2 aromatic heterocycles. The Bertz CT molecular complexity index is 1120. The summed E-state index contributed by atoms with van der Waals surface area (Å²) in [5.41, 5.74) is 1.14. The molecule has 0 bridgehead atoms. The Kier molecular flexibility index (Phi) is 5.24. The fourth-order valence-corrected chi connectivity index (χ4v) is 3.51. The number of nitrogens with one attached hydrogen (secondary N) is 1. The number of carbonyl (C=O) groups excluding carboxylic acids is 1. The van der Waals surface area contributed by atoms with Gasteiger partial charge < -0.3 is 10.2 Å². The third kappa shape index (κ3) is 3.96. The van der Waals surface area contributed by atoms with E-state index in [0.29, 0.717) is 22.7 Å². The average molecular weight is 391 g/mol. The normalized spacial score (nSPS) is 14.4. The fraction of sp³-hybridized carbons (Fsp3) is 0.350. The minimum absolute atomic E-state index is 0.208. The number of anilines is 2. The van der Waals surface area contributed by atoms with E-state index in [1.807, 2.05) is 6.07 Å². The van der Waals surface area contributed by atoms with Gasteiger partial charge in [-0.3, -0.25) is 4.79 Å². The second-order valence-corrected chi connectivity index (χ2v) is 7.02. The molecule has 1 N–H and O–H groups in total. The number of hydrogen-bond donors (Lipinski definition) is 1. The molecule has 3 heterocycles. The standard InChI is InChI=1S/C20H21N7O2/c21-13-15-5-7-16(8-6-15)23-17(28)14-27-20(29)26-12-9-22-18(19(26)24-27)25-10-3-1-2-4-11-25/h5-9,12H,1-4,10-11,14H2,(H,23,28). The molecule has 1 fully saturated rings. The van der Waals surface area contributed by atoms with Crippen molar-refractivity contribution in [2.45, 2.75) is 32.2 Å². The molecule has 4 rings (SSSR count). The van der Waals surface area contributed by atoms with E-state index in [9.17, 15) is 9.59 Å². The van der Waals surface area contributed by atoms with Crippen LogP contribution in [-0.2, 0) is 11.3 Å². The van der Waals surface area contributed by atoms with Gasteiger partial charge in [0.15, 0.2) is 5.82 Å². The van der Waals surface area contributed by atoms with Crippen molar-refractivity contribution in [2.75, 3.05) is 23.3 Å². The Hall–Kier alpha value is -3.67. The monoisotopic (exact) mass is 391 g/mol. The smallest absolute Gasteiger partial charge is 0.350 e. The van der Waals surface area contributed by atoms with E-state index in [0.717, 1.165) is 30.6 Å². The summed E-state index contributed by atoms with van der Waals surface area (Å²) in [6, 6.07) is 8.55. The quantitative estimate of drug-likeness (QED) is 0.726. The van der Waals surface area contributed by atoms with Gasteiger partial charge in [0.2, 0.25) is 11.6 Å². The molecule has 148 valence electrons. The van der Waals surface area contributed by atoms with Crippen LogP contribution in [0.25, 0.3) is 5.65 Å². The molecule has 1 aliphatic rings. The largest absolute Gasteiger partial charge is 0.353 e. The summed E-state index contributed by atoms with van der Waals surface area (Å²) in [7, 11) is 0. The van der Waals surface area contributed by atoms with Crippen LogP contribution < -0.4 is 15.9 Å². The van der Waals surface area contributed by atoms with Crippen LogP contribution >= 0.6 is 0 Å². The van der Waals surface area contributed by atoms with Crippen LogP contribution in [-0.4, -0.2) is 38.2 Å². The van der Waals surface area contributed by atoms with Crippen molar-refractivity contribution in [1.82, 2.24) is 19.2 Å². The highest BCUT2D eigenvalue weighted by Crippen LogP contribution is 2.20. The zero-order valence-electron chi connectivity index (χ0n) is 15.9. The first-order valence-electron chi connectivity index (χ1n) is 9.65.